The molecule has 0 bridgehead atoms. The van der Waals surface area contributed by atoms with Crippen LogP contribution in [0.4, 0.5) is 0 Å². The highest BCUT2D eigenvalue weighted by molar-refractivity contribution is 6.44. The molecule has 1 N–H and O–H groups in total. The molecular formula is C74H118Al2O8. The lowest BCUT2D eigenvalue weighted by Crippen LogP contribution is -2.39. The number of aryl methyl sites for hydroxylation is 4. The molecule has 0 radical (unpaired) electrons. The zero-order valence-electron chi connectivity index (χ0n) is 57.9. The second kappa shape index (κ2) is 30.5. The van der Waals surface area contributed by atoms with Crippen molar-refractivity contribution in [1.29, 1.82) is 0 Å². The molecule has 4 rings (SSSR count). The van der Waals surface area contributed by atoms with E-state index in [0.717, 1.165) is 58.1 Å². The van der Waals surface area contributed by atoms with Crippen LogP contribution in [0.25, 0.3) is 0 Å². The number of carboxylic acids is 1. The Bertz CT molecular complexity index is 2530. The highest BCUT2D eigenvalue weighted by atomic mass is 27.3. The lowest BCUT2D eigenvalue weighted by atomic mass is 9.78. The van der Waals surface area contributed by atoms with Crippen molar-refractivity contribution in [2.24, 2.45) is 0 Å². The van der Waals surface area contributed by atoms with Crippen molar-refractivity contribution in [3.05, 3.63) is 141 Å². The van der Waals surface area contributed by atoms with E-state index < -0.39 is 35.9 Å². The summed E-state index contributed by atoms with van der Waals surface area (Å²) in [5.41, 5.74) is 13.5. The summed E-state index contributed by atoms with van der Waals surface area (Å²) in [6, 6.07) is 17.9. The van der Waals surface area contributed by atoms with Gasteiger partial charge < -0.3 is 24.0 Å². The maximum atomic E-state index is 13.2. The highest BCUT2D eigenvalue weighted by Gasteiger charge is 2.49. The van der Waals surface area contributed by atoms with Gasteiger partial charge in [0.05, 0.1) is 23.0 Å². The first-order valence-electron chi connectivity index (χ1n) is 30.4. The molecule has 0 spiro atoms. The number of hydrogen-bond acceptors (Lipinski definition) is 7. The van der Waals surface area contributed by atoms with Crippen molar-refractivity contribution in [3.63, 3.8) is 0 Å². The van der Waals surface area contributed by atoms with Crippen LogP contribution in [0.1, 0.15) is 279 Å². The van der Waals surface area contributed by atoms with E-state index in [0.29, 0.717) is 19.3 Å². The molecule has 0 aliphatic carbocycles. The summed E-state index contributed by atoms with van der Waals surface area (Å²) in [6.07, 6.45) is 7.04. The Morgan fingerprint density at radius 3 is 0.798 bits per heavy atom. The molecule has 8 nitrogen and oxygen atoms in total. The van der Waals surface area contributed by atoms with Crippen LogP contribution in [0.3, 0.4) is 0 Å². The van der Waals surface area contributed by atoms with Gasteiger partial charge in [-0.3, -0.25) is 9.59 Å². The minimum atomic E-state index is -3.10. The Hall–Kier alpha value is -4.44. The molecule has 0 saturated carbocycles. The zero-order chi connectivity index (χ0) is 64.4. The van der Waals surface area contributed by atoms with Gasteiger partial charge in [0.1, 0.15) is 0 Å². The van der Waals surface area contributed by atoms with Crippen LogP contribution in [0.5, 0.6) is 23.0 Å². The van der Waals surface area contributed by atoms with Crippen LogP contribution in [0, 0.1) is 27.7 Å². The number of aliphatic carboxylic acids is 1. The number of benzene rings is 4. The first-order valence-corrected chi connectivity index (χ1v) is 33.9. The van der Waals surface area contributed by atoms with Gasteiger partial charge >= 0.3 is 35.9 Å². The normalized spacial score (nSPS) is 12.3. The molecule has 4 aromatic carbocycles. The van der Waals surface area contributed by atoms with Gasteiger partial charge in [-0.1, -0.05) is 257 Å². The largest absolute Gasteiger partial charge is 1.20 e. The van der Waals surface area contributed by atoms with Crippen LogP contribution in [0.2, 0.25) is 5.79 Å². The second-order valence-electron chi connectivity index (χ2n) is 31.3. The summed E-state index contributed by atoms with van der Waals surface area (Å²) >= 11 is -5.19. The minimum Gasteiger partial charge on any atom is -0.611 e. The average Bonchev–Trinajstić information content (AvgIpc) is 1.86. The van der Waals surface area contributed by atoms with Gasteiger partial charge in [-0.2, -0.15) is 0 Å². The Kier molecular flexibility index (Phi) is 28.1. The van der Waals surface area contributed by atoms with E-state index in [4.69, 9.17) is 24.0 Å². The van der Waals surface area contributed by atoms with E-state index in [-0.39, 0.29) is 63.1 Å². The monoisotopic (exact) mass is 1190 g/mol. The van der Waals surface area contributed by atoms with Crippen molar-refractivity contribution in [1.82, 2.24) is 0 Å². The molecule has 0 aliphatic rings. The number of hydrogen-bond donors (Lipinski definition) is 1. The smallest absolute Gasteiger partial charge is 0.611 e. The van der Waals surface area contributed by atoms with E-state index in [9.17, 15) is 9.59 Å². The Labute approximate surface area is 524 Å². The van der Waals surface area contributed by atoms with E-state index in [2.05, 4.69) is 261 Å². The third kappa shape index (κ3) is 24.0. The maximum absolute atomic E-state index is 13.2. The predicted octanol–water partition coefficient (Wildman–Crippen LogP) is 21.0. The zero-order valence-corrected chi connectivity index (χ0v) is 60.2. The lowest BCUT2D eigenvalue weighted by molar-refractivity contribution is -0.137. The molecule has 0 aliphatic heterocycles. The fourth-order valence-electron chi connectivity index (χ4n) is 9.63. The molecule has 0 unspecified atom stereocenters. The van der Waals surface area contributed by atoms with Crippen molar-refractivity contribution in [2.75, 3.05) is 0 Å². The fourth-order valence-corrected chi connectivity index (χ4v) is 12.2. The number of unbranched alkanes of at least 4 members (excludes halogenated alkanes) is 2. The summed E-state index contributed by atoms with van der Waals surface area (Å²) in [4.78, 5) is 23.0. The Balaban J connectivity index is 0.000000743. The van der Waals surface area contributed by atoms with Crippen molar-refractivity contribution in [3.8, 4) is 23.0 Å². The summed E-state index contributed by atoms with van der Waals surface area (Å²) in [5, 5.41) is 8.11. The molecule has 0 fully saturated rings. The lowest BCUT2D eigenvalue weighted by Gasteiger charge is -2.34. The average molecular weight is 1190 g/mol. The predicted molar refractivity (Wildman–Crippen MR) is 363 cm³/mol. The summed E-state index contributed by atoms with van der Waals surface area (Å²) in [7, 11) is 0. The van der Waals surface area contributed by atoms with E-state index in [1.165, 1.54) is 44.5 Å². The van der Waals surface area contributed by atoms with Gasteiger partial charge in [-0.05, 0) is 147 Å². The topological polar surface area (TPSA) is 101 Å². The van der Waals surface area contributed by atoms with Crippen molar-refractivity contribution < 1.29 is 33.6 Å². The number of carbonyl (C=O) groups excluding carboxylic acids is 1. The quantitative estimate of drug-likeness (QED) is 0.0634. The summed E-state index contributed by atoms with van der Waals surface area (Å²) < 4.78 is 33.7. The van der Waals surface area contributed by atoms with E-state index >= 15 is 0 Å². The molecular weight excluding hydrogens is 1070 g/mol. The number of rotatable bonds is 17. The van der Waals surface area contributed by atoms with Crippen molar-refractivity contribution in [2.45, 2.75) is 289 Å². The van der Waals surface area contributed by atoms with Gasteiger partial charge in [0, 0.05) is 12.8 Å². The van der Waals surface area contributed by atoms with E-state index in [1.807, 2.05) is 6.08 Å². The van der Waals surface area contributed by atoms with Gasteiger partial charge in [0.15, 0.2) is 0 Å². The highest BCUT2D eigenvalue weighted by Crippen LogP contribution is 2.46. The summed E-state index contributed by atoms with van der Waals surface area (Å²) in [5.74, 6) is 4.72. The van der Waals surface area contributed by atoms with Gasteiger partial charge in [-0.25, -0.2) is 0 Å². The molecule has 4 aromatic rings. The van der Waals surface area contributed by atoms with Gasteiger partial charge in [0.2, 0.25) is 0 Å². The van der Waals surface area contributed by atoms with Crippen LogP contribution in [0.15, 0.2) is 73.8 Å². The first-order chi connectivity index (χ1) is 37.4. The summed E-state index contributed by atoms with van der Waals surface area (Å²) in [6.45, 7) is 69.3. The SMILES string of the molecule is C.C=CCCCC(=O)O.C=CCCCC(=O)[O][Al]([O]c1c(C(C)(C)C)cc(C)cc1C(C)(C)C)[O]c1c(C(C)(C)C)cc(C)cc1C(C)(C)C.Cc1cc(C(C)(C)C)c([O][Al]([CH3])[O]c2c(C(C)(C)C)cc(C)cc2C(C)(C)C)c(C(C)(C)C)c1. The number of allylic oxidation sites excluding steroid dienone is 2. The maximum Gasteiger partial charge on any atom is 1.20 e. The molecule has 10 heteroatoms. The van der Waals surface area contributed by atoms with Crippen molar-refractivity contribution >= 4 is 41.9 Å². The molecule has 0 saturated heterocycles. The number of carboxylic acid groups (broad SMARTS) is 1. The van der Waals surface area contributed by atoms with Gasteiger partial charge in [-0.15, -0.1) is 13.2 Å². The Morgan fingerprint density at radius 1 is 0.405 bits per heavy atom. The molecule has 0 atom stereocenters. The van der Waals surface area contributed by atoms with Crippen LogP contribution in [-0.4, -0.2) is 47.0 Å². The molecule has 468 valence electrons. The molecule has 0 amide bonds. The molecule has 84 heavy (non-hydrogen) atoms. The molecule has 0 heterocycles. The molecule has 0 aromatic heterocycles. The standard InChI is InChI=1S/4C15H24O.2C6H10O2.CH4.CH3.2Al/c4*1-10-8-11(14(2,3)4)13(16)12(9-10)15(5,6)7;2*1-2-3-4-5-6(7)8;;;;/h4*8-9,16H,1-7H3;2*2H,1,3-5H2,(H,7,8);1H4;1H3;;/q;;;;;;;;+2;+3/p-5. The van der Waals surface area contributed by atoms with Gasteiger partial charge in [0.25, 0.3) is 5.97 Å². The fraction of sp³-hybridized carbons (Fsp3) is 0.595. The van der Waals surface area contributed by atoms with E-state index in [1.54, 1.807) is 6.08 Å². The number of carbonyl (C=O) groups is 2. The van der Waals surface area contributed by atoms with Crippen LogP contribution < -0.4 is 15.2 Å². The second-order valence-corrected chi connectivity index (χ2v) is 34.2. The first kappa shape index (κ1) is 77.6. The minimum absolute atomic E-state index is 0. The van der Waals surface area contributed by atoms with Crippen LogP contribution in [-0.2, 0) is 56.7 Å². The third-order valence-corrected chi connectivity index (χ3v) is 16.7. The Morgan fingerprint density at radius 2 is 0.607 bits per heavy atom. The van der Waals surface area contributed by atoms with Crippen LogP contribution >= 0.6 is 0 Å². The third-order valence-electron chi connectivity index (χ3n) is 14.2.